The van der Waals surface area contributed by atoms with Crippen LogP contribution in [0, 0.1) is 23.0 Å². The molecule has 1 saturated heterocycles. The van der Waals surface area contributed by atoms with Crippen LogP contribution in [0.2, 0.25) is 5.02 Å². The highest BCUT2D eigenvalue weighted by Gasteiger charge is 2.50. The zero-order valence-corrected chi connectivity index (χ0v) is 20.2. The molecular weight excluding hydrogens is 492 g/mol. The van der Waals surface area contributed by atoms with Gasteiger partial charge >= 0.3 is 0 Å². The number of amides is 1. The van der Waals surface area contributed by atoms with Gasteiger partial charge < -0.3 is 21.1 Å². The molecule has 2 saturated carbocycles. The summed E-state index contributed by atoms with van der Waals surface area (Å²) in [6.07, 6.45) is 6.13. The summed E-state index contributed by atoms with van der Waals surface area (Å²) in [6.45, 7) is 1.61. The molecule has 190 valence electrons. The minimum Gasteiger partial charge on any atom is -0.380 e. The quantitative estimate of drug-likeness (QED) is 0.417. The van der Waals surface area contributed by atoms with E-state index in [1.807, 2.05) is 4.57 Å². The maximum atomic E-state index is 14.7. The molecule has 0 unspecified atom stereocenters. The number of aromatic nitrogens is 4. The molecule has 3 aliphatic rings. The van der Waals surface area contributed by atoms with Gasteiger partial charge in [0.15, 0.2) is 11.5 Å². The molecular formula is C24H26ClF2N7O2. The number of ether oxygens (including phenoxy) is 1. The van der Waals surface area contributed by atoms with E-state index in [1.165, 1.54) is 0 Å². The van der Waals surface area contributed by atoms with E-state index < -0.39 is 17.3 Å². The number of fused-ring (bicyclic) bond motifs is 1. The lowest BCUT2D eigenvalue weighted by molar-refractivity contribution is -0.160. The predicted molar refractivity (Wildman–Crippen MR) is 130 cm³/mol. The second kappa shape index (κ2) is 8.81. The molecule has 4 N–H and O–H groups in total. The molecule has 9 nitrogen and oxygen atoms in total. The molecule has 1 aromatic carbocycles. The van der Waals surface area contributed by atoms with Crippen molar-refractivity contribution < 1.29 is 18.3 Å². The normalized spacial score (nSPS) is 23.3. The molecule has 12 heteroatoms. The van der Waals surface area contributed by atoms with Crippen molar-refractivity contribution in [3.63, 3.8) is 0 Å². The van der Waals surface area contributed by atoms with Crippen molar-refractivity contribution in [2.75, 3.05) is 23.8 Å². The average Bonchev–Trinajstić information content (AvgIpc) is 3.17. The van der Waals surface area contributed by atoms with Crippen LogP contribution in [-0.4, -0.2) is 44.7 Å². The molecule has 1 aliphatic heterocycles. The Morgan fingerprint density at radius 3 is 2.58 bits per heavy atom. The van der Waals surface area contributed by atoms with E-state index >= 15 is 0 Å². The molecule has 0 atom stereocenters. The first-order chi connectivity index (χ1) is 17.3. The van der Waals surface area contributed by atoms with Crippen LogP contribution >= 0.6 is 11.6 Å². The largest absolute Gasteiger partial charge is 0.380 e. The standard InChI is InChI=1S/C24H26ClF2N7O2/c25-15-5-6-16(26)19(18(15)27)32-23-31-17-9-29-22(30-13-7-24(8-13)10-36-11-24)33-21(17)34(23)14-3-1-12(2-4-14)20(28)35/h5-6,9,12-14H,1-4,7-8,10-11H2,(H2,28,35)(H,31,32)(H,29,30,33)/t12-,14-. The van der Waals surface area contributed by atoms with Crippen LogP contribution in [0.3, 0.4) is 0 Å². The van der Waals surface area contributed by atoms with Crippen LogP contribution in [-0.2, 0) is 9.53 Å². The maximum absolute atomic E-state index is 14.7. The summed E-state index contributed by atoms with van der Waals surface area (Å²) in [6, 6.07) is 2.43. The predicted octanol–water partition coefficient (Wildman–Crippen LogP) is 4.31. The van der Waals surface area contributed by atoms with E-state index in [9.17, 15) is 13.6 Å². The summed E-state index contributed by atoms with van der Waals surface area (Å²) in [5, 5.41) is 5.99. The number of carbonyl (C=O) groups is 1. The van der Waals surface area contributed by atoms with Gasteiger partial charge in [-0.2, -0.15) is 4.98 Å². The second-order valence-electron chi connectivity index (χ2n) is 10.2. The molecule has 0 bridgehead atoms. The smallest absolute Gasteiger partial charge is 0.224 e. The van der Waals surface area contributed by atoms with Crippen LogP contribution in [0.1, 0.15) is 44.6 Å². The van der Waals surface area contributed by atoms with Crippen LogP contribution in [0.5, 0.6) is 0 Å². The number of primary amides is 1. The van der Waals surface area contributed by atoms with E-state index in [4.69, 9.17) is 27.1 Å². The summed E-state index contributed by atoms with van der Waals surface area (Å²) < 4.78 is 36.4. The number of benzene rings is 1. The third-order valence-electron chi connectivity index (χ3n) is 7.69. The fourth-order valence-corrected chi connectivity index (χ4v) is 5.82. The lowest BCUT2D eigenvalue weighted by Crippen LogP contribution is -2.56. The first kappa shape index (κ1) is 23.4. The van der Waals surface area contributed by atoms with Crippen molar-refractivity contribution in [3.8, 4) is 0 Å². The van der Waals surface area contributed by atoms with Gasteiger partial charge in [-0.1, -0.05) is 11.6 Å². The minimum absolute atomic E-state index is 0.0970. The Hall–Kier alpha value is -3.05. The van der Waals surface area contributed by atoms with Crippen LogP contribution in [0.15, 0.2) is 18.3 Å². The zero-order valence-electron chi connectivity index (χ0n) is 19.4. The van der Waals surface area contributed by atoms with E-state index in [2.05, 4.69) is 20.6 Å². The Morgan fingerprint density at radius 2 is 1.92 bits per heavy atom. The Morgan fingerprint density at radius 1 is 1.17 bits per heavy atom. The molecule has 1 amide bonds. The molecule has 3 heterocycles. The molecule has 3 fully saturated rings. The molecule has 36 heavy (non-hydrogen) atoms. The van der Waals surface area contributed by atoms with Crippen molar-refractivity contribution in [1.29, 1.82) is 0 Å². The van der Waals surface area contributed by atoms with Gasteiger partial charge in [-0.15, -0.1) is 0 Å². The van der Waals surface area contributed by atoms with Crippen LogP contribution in [0.4, 0.5) is 26.4 Å². The number of halogens is 3. The number of nitrogens with two attached hydrogens (primary N) is 1. The first-order valence-corrected chi connectivity index (χ1v) is 12.5. The van der Waals surface area contributed by atoms with Gasteiger partial charge in [-0.05, 0) is 50.7 Å². The Kier molecular flexibility index (Phi) is 5.71. The summed E-state index contributed by atoms with van der Waals surface area (Å²) in [5.74, 6) is -1.49. The monoisotopic (exact) mass is 517 g/mol. The number of rotatable bonds is 6. The molecule has 3 aromatic rings. The molecule has 1 spiro atoms. The summed E-state index contributed by atoms with van der Waals surface area (Å²) >= 11 is 5.90. The van der Waals surface area contributed by atoms with Crippen molar-refractivity contribution in [2.45, 2.75) is 50.6 Å². The van der Waals surface area contributed by atoms with Crippen molar-refractivity contribution >= 4 is 46.3 Å². The second-order valence-corrected chi connectivity index (χ2v) is 10.6. The van der Waals surface area contributed by atoms with Gasteiger partial charge in [0.2, 0.25) is 17.8 Å². The van der Waals surface area contributed by atoms with E-state index in [1.54, 1.807) is 6.20 Å². The summed E-state index contributed by atoms with van der Waals surface area (Å²) in [5.41, 5.74) is 6.45. The van der Waals surface area contributed by atoms with Crippen LogP contribution < -0.4 is 16.4 Å². The van der Waals surface area contributed by atoms with Crippen molar-refractivity contribution in [2.24, 2.45) is 17.1 Å². The Bertz CT molecular complexity index is 1330. The topological polar surface area (TPSA) is 120 Å². The van der Waals surface area contributed by atoms with Crippen molar-refractivity contribution in [1.82, 2.24) is 19.5 Å². The van der Waals surface area contributed by atoms with Gasteiger partial charge in [-0.3, -0.25) is 9.36 Å². The molecule has 0 radical (unpaired) electrons. The number of nitrogens with zero attached hydrogens (tertiary/aromatic N) is 4. The minimum atomic E-state index is -0.903. The fourth-order valence-electron chi connectivity index (χ4n) is 5.66. The average molecular weight is 518 g/mol. The highest BCUT2D eigenvalue weighted by atomic mass is 35.5. The molecule has 6 rings (SSSR count). The van der Waals surface area contributed by atoms with Crippen LogP contribution in [0.25, 0.3) is 11.2 Å². The van der Waals surface area contributed by atoms with E-state index in [0.717, 1.165) is 38.2 Å². The third-order valence-corrected chi connectivity index (χ3v) is 7.98. The summed E-state index contributed by atoms with van der Waals surface area (Å²) in [4.78, 5) is 25.4. The zero-order chi connectivity index (χ0) is 25.0. The van der Waals surface area contributed by atoms with Crippen molar-refractivity contribution in [3.05, 3.63) is 35.0 Å². The molecule has 2 aromatic heterocycles. The first-order valence-electron chi connectivity index (χ1n) is 12.1. The highest BCUT2D eigenvalue weighted by Crippen LogP contribution is 2.47. The molecule has 2 aliphatic carbocycles. The van der Waals surface area contributed by atoms with Gasteiger partial charge in [0.25, 0.3) is 0 Å². The number of anilines is 3. The fraction of sp³-hybridized carbons (Fsp3) is 0.500. The number of hydrogen-bond donors (Lipinski definition) is 3. The Labute approximate surface area is 210 Å². The van der Waals surface area contributed by atoms with E-state index in [0.29, 0.717) is 48.2 Å². The number of nitrogens with one attached hydrogen (secondary N) is 2. The van der Waals surface area contributed by atoms with Gasteiger partial charge in [0.05, 0.1) is 24.4 Å². The lowest BCUT2D eigenvalue weighted by atomic mass is 9.64. The van der Waals surface area contributed by atoms with Gasteiger partial charge in [0.1, 0.15) is 17.0 Å². The summed E-state index contributed by atoms with van der Waals surface area (Å²) in [7, 11) is 0. The Balaban J connectivity index is 1.34. The number of imidazole rings is 1. The van der Waals surface area contributed by atoms with E-state index in [-0.39, 0.29) is 34.9 Å². The third kappa shape index (κ3) is 4.03. The number of carbonyl (C=O) groups excluding carboxylic acids is 1. The lowest BCUT2D eigenvalue weighted by Gasteiger charge is -2.53. The SMILES string of the molecule is NC(=O)[C@H]1CC[C@H](n2c(Nc3c(F)ccc(Cl)c3F)nc3cnc(NC4CC5(COC5)C4)nc32)CC1. The van der Waals surface area contributed by atoms with Gasteiger partial charge in [-0.25, -0.2) is 18.7 Å². The number of hydrogen-bond acceptors (Lipinski definition) is 7. The highest BCUT2D eigenvalue weighted by molar-refractivity contribution is 6.31. The van der Waals surface area contributed by atoms with Gasteiger partial charge in [0, 0.05) is 23.4 Å². The maximum Gasteiger partial charge on any atom is 0.224 e.